The first-order valence-corrected chi connectivity index (χ1v) is 6.98. The van der Waals surface area contributed by atoms with Crippen molar-refractivity contribution in [3.05, 3.63) is 55.9 Å². The minimum absolute atomic E-state index is 0.0462. The van der Waals surface area contributed by atoms with Crippen molar-refractivity contribution < 1.29 is 9.50 Å². The largest absolute Gasteiger partial charge is 0.385 e. The molecule has 18 heavy (non-hydrogen) atoms. The molecule has 0 radical (unpaired) electrons. The van der Waals surface area contributed by atoms with E-state index in [2.05, 4.69) is 0 Å². The molecular weight excluding hydrogens is 294 g/mol. The second kappa shape index (κ2) is 5.17. The summed E-state index contributed by atoms with van der Waals surface area (Å²) in [6, 6.07) is 4.42. The molecule has 0 aliphatic heterocycles. The SMILES string of the molecule is CC(O)(Cc1ccsc1)c1cc(F)c(Cl)cc1Cl. The molecule has 1 aromatic carbocycles. The van der Waals surface area contributed by atoms with Gasteiger partial charge in [0, 0.05) is 17.0 Å². The molecule has 0 aliphatic carbocycles. The van der Waals surface area contributed by atoms with Crippen LogP contribution in [0.1, 0.15) is 18.1 Å². The lowest BCUT2D eigenvalue weighted by Gasteiger charge is -2.25. The minimum Gasteiger partial charge on any atom is -0.385 e. The molecule has 96 valence electrons. The van der Waals surface area contributed by atoms with Crippen molar-refractivity contribution >= 4 is 34.5 Å². The zero-order chi connectivity index (χ0) is 13.3. The van der Waals surface area contributed by atoms with E-state index in [4.69, 9.17) is 23.2 Å². The fourth-order valence-corrected chi connectivity index (χ4v) is 3.08. The van der Waals surface area contributed by atoms with Crippen molar-refractivity contribution in [3.8, 4) is 0 Å². The summed E-state index contributed by atoms with van der Waals surface area (Å²) in [4.78, 5) is 0. The van der Waals surface area contributed by atoms with Crippen LogP contribution in [0.2, 0.25) is 10.0 Å². The maximum absolute atomic E-state index is 13.5. The summed E-state index contributed by atoms with van der Waals surface area (Å²) < 4.78 is 13.5. The van der Waals surface area contributed by atoms with Crippen LogP contribution in [-0.4, -0.2) is 5.11 Å². The molecule has 1 atom stereocenters. The fraction of sp³-hybridized carbons (Fsp3) is 0.231. The quantitative estimate of drug-likeness (QED) is 0.819. The molecular formula is C13H11Cl2FOS. The van der Waals surface area contributed by atoms with Crippen molar-refractivity contribution in [2.45, 2.75) is 18.9 Å². The molecule has 1 nitrogen and oxygen atoms in total. The lowest BCUT2D eigenvalue weighted by molar-refractivity contribution is 0.0575. The highest BCUT2D eigenvalue weighted by Crippen LogP contribution is 2.34. The van der Waals surface area contributed by atoms with E-state index in [0.717, 1.165) is 5.56 Å². The van der Waals surface area contributed by atoms with Crippen molar-refractivity contribution in [1.82, 2.24) is 0 Å². The average Bonchev–Trinajstić information content (AvgIpc) is 2.75. The van der Waals surface area contributed by atoms with Crippen LogP contribution in [0, 0.1) is 5.82 Å². The monoisotopic (exact) mass is 304 g/mol. The van der Waals surface area contributed by atoms with Gasteiger partial charge in [-0.25, -0.2) is 4.39 Å². The van der Waals surface area contributed by atoms with Crippen molar-refractivity contribution in [2.24, 2.45) is 0 Å². The van der Waals surface area contributed by atoms with Gasteiger partial charge >= 0.3 is 0 Å². The summed E-state index contributed by atoms with van der Waals surface area (Å²) >= 11 is 13.2. The third-order valence-electron chi connectivity index (χ3n) is 2.72. The Balaban J connectivity index is 2.37. The Morgan fingerprint density at radius 2 is 2.06 bits per heavy atom. The first-order chi connectivity index (χ1) is 8.40. The number of hydrogen-bond acceptors (Lipinski definition) is 2. The molecule has 0 saturated heterocycles. The van der Waals surface area contributed by atoms with Crippen LogP contribution in [0.4, 0.5) is 4.39 Å². The van der Waals surface area contributed by atoms with Gasteiger partial charge in [-0.3, -0.25) is 0 Å². The highest BCUT2D eigenvalue weighted by atomic mass is 35.5. The van der Waals surface area contributed by atoms with Crippen LogP contribution in [0.25, 0.3) is 0 Å². The van der Waals surface area contributed by atoms with Crippen LogP contribution >= 0.6 is 34.5 Å². The molecule has 0 amide bonds. The first kappa shape index (κ1) is 13.8. The lowest BCUT2D eigenvalue weighted by atomic mass is 9.90. The standard InChI is InChI=1S/C13H11Cl2FOS/c1-13(17,6-8-2-3-18-7-8)9-4-12(16)11(15)5-10(9)14/h2-5,7,17H,6H2,1H3. The Bertz CT molecular complexity index is 552. The van der Waals surface area contributed by atoms with Crippen molar-refractivity contribution in [3.63, 3.8) is 0 Å². The molecule has 0 bridgehead atoms. The summed E-state index contributed by atoms with van der Waals surface area (Å²) in [5.74, 6) is -0.582. The smallest absolute Gasteiger partial charge is 0.142 e. The van der Waals surface area contributed by atoms with Gasteiger partial charge < -0.3 is 5.11 Å². The summed E-state index contributed by atoms with van der Waals surface area (Å²) in [5.41, 5.74) is 0.0949. The van der Waals surface area contributed by atoms with Crippen LogP contribution in [-0.2, 0) is 12.0 Å². The minimum atomic E-state index is -1.23. The highest BCUT2D eigenvalue weighted by molar-refractivity contribution is 7.07. The molecule has 2 rings (SSSR count). The summed E-state index contributed by atoms with van der Waals surface area (Å²) in [6.45, 7) is 1.61. The van der Waals surface area contributed by atoms with Crippen LogP contribution in [0.15, 0.2) is 29.0 Å². The number of halogens is 3. The fourth-order valence-electron chi connectivity index (χ4n) is 1.82. The lowest BCUT2D eigenvalue weighted by Crippen LogP contribution is -2.24. The number of hydrogen-bond donors (Lipinski definition) is 1. The second-order valence-electron chi connectivity index (χ2n) is 4.33. The van der Waals surface area contributed by atoms with Crippen LogP contribution in [0.5, 0.6) is 0 Å². The van der Waals surface area contributed by atoms with Gasteiger partial charge in [-0.2, -0.15) is 11.3 Å². The molecule has 5 heteroatoms. The van der Waals surface area contributed by atoms with Crippen LogP contribution < -0.4 is 0 Å². The summed E-state index contributed by atoms with van der Waals surface area (Å²) in [7, 11) is 0. The van der Waals surface area contributed by atoms with E-state index in [9.17, 15) is 9.50 Å². The summed E-state index contributed by atoms with van der Waals surface area (Å²) in [5, 5.41) is 14.5. The normalized spacial score (nSPS) is 14.5. The number of rotatable bonds is 3. The molecule has 0 aliphatic rings. The number of thiophene rings is 1. The first-order valence-electron chi connectivity index (χ1n) is 5.28. The number of aliphatic hydroxyl groups is 1. The van der Waals surface area contributed by atoms with E-state index in [1.165, 1.54) is 12.1 Å². The highest BCUT2D eigenvalue weighted by Gasteiger charge is 2.27. The molecule has 0 saturated carbocycles. The maximum Gasteiger partial charge on any atom is 0.142 e. The molecule has 1 N–H and O–H groups in total. The molecule has 2 aromatic rings. The molecule has 1 aromatic heterocycles. The van der Waals surface area contributed by atoms with Gasteiger partial charge in [-0.05, 0) is 41.4 Å². The third-order valence-corrected chi connectivity index (χ3v) is 4.05. The van der Waals surface area contributed by atoms with Gasteiger partial charge in [0.1, 0.15) is 5.82 Å². The van der Waals surface area contributed by atoms with Gasteiger partial charge in [0.25, 0.3) is 0 Å². The number of benzene rings is 1. The Kier molecular flexibility index (Phi) is 3.97. The van der Waals surface area contributed by atoms with E-state index in [1.54, 1.807) is 18.3 Å². The predicted molar refractivity (Wildman–Crippen MR) is 74.0 cm³/mol. The maximum atomic E-state index is 13.5. The predicted octanol–water partition coefficient (Wildman–Crippen LogP) is 4.64. The van der Waals surface area contributed by atoms with E-state index < -0.39 is 11.4 Å². The van der Waals surface area contributed by atoms with Gasteiger partial charge in [0.15, 0.2) is 0 Å². The Labute approximate surface area is 119 Å². The molecule has 0 fully saturated rings. The average molecular weight is 305 g/mol. The third kappa shape index (κ3) is 2.86. The summed E-state index contributed by atoms with van der Waals surface area (Å²) in [6.07, 6.45) is 0.372. The molecule has 1 unspecified atom stereocenters. The Hall–Kier alpha value is -0.610. The van der Waals surface area contributed by atoms with E-state index >= 15 is 0 Å². The zero-order valence-electron chi connectivity index (χ0n) is 9.58. The zero-order valence-corrected chi connectivity index (χ0v) is 11.9. The Morgan fingerprint density at radius 3 is 2.67 bits per heavy atom. The second-order valence-corrected chi connectivity index (χ2v) is 5.92. The van der Waals surface area contributed by atoms with Gasteiger partial charge in [-0.15, -0.1) is 0 Å². The van der Waals surface area contributed by atoms with Gasteiger partial charge in [0.2, 0.25) is 0 Å². The van der Waals surface area contributed by atoms with Crippen molar-refractivity contribution in [2.75, 3.05) is 0 Å². The molecule has 1 heterocycles. The van der Waals surface area contributed by atoms with Crippen molar-refractivity contribution in [1.29, 1.82) is 0 Å². The van der Waals surface area contributed by atoms with E-state index in [0.29, 0.717) is 12.0 Å². The molecule has 0 spiro atoms. The Morgan fingerprint density at radius 1 is 1.33 bits per heavy atom. The van der Waals surface area contributed by atoms with Gasteiger partial charge in [0.05, 0.1) is 10.6 Å². The topological polar surface area (TPSA) is 20.2 Å². The van der Waals surface area contributed by atoms with E-state index in [-0.39, 0.29) is 10.0 Å². The van der Waals surface area contributed by atoms with E-state index in [1.807, 2.05) is 16.8 Å². The van der Waals surface area contributed by atoms with Crippen LogP contribution in [0.3, 0.4) is 0 Å². The van der Waals surface area contributed by atoms with Gasteiger partial charge in [-0.1, -0.05) is 23.2 Å².